The van der Waals surface area contributed by atoms with E-state index in [2.05, 4.69) is 15.3 Å². The number of amides is 1. The van der Waals surface area contributed by atoms with Crippen LogP contribution in [0, 0.1) is 13.8 Å². The van der Waals surface area contributed by atoms with Crippen LogP contribution in [0.2, 0.25) is 0 Å². The highest BCUT2D eigenvalue weighted by atomic mass is 16.5. The molecule has 0 aromatic carbocycles. The first-order chi connectivity index (χ1) is 13.5. The maximum atomic E-state index is 13.0. The summed E-state index contributed by atoms with van der Waals surface area (Å²) in [6.07, 6.45) is 3.77. The zero-order chi connectivity index (χ0) is 19.8. The molecule has 1 amide bonds. The maximum Gasteiger partial charge on any atom is 0.349 e. The van der Waals surface area contributed by atoms with Crippen LogP contribution in [0.5, 0.6) is 0 Å². The number of ether oxygens (including phenoxy) is 1. The Bertz CT molecular complexity index is 950. The van der Waals surface area contributed by atoms with Gasteiger partial charge in [-0.25, -0.2) is 4.79 Å². The first kappa shape index (κ1) is 18.7. The molecule has 0 aliphatic carbocycles. The van der Waals surface area contributed by atoms with Gasteiger partial charge in [0, 0.05) is 26.7 Å². The number of carbonyl (C=O) groups excluding carboxylic acids is 1. The van der Waals surface area contributed by atoms with E-state index >= 15 is 0 Å². The maximum absolute atomic E-state index is 13.0. The largest absolute Gasteiger partial charge is 0.424 e. The zero-order valence-corrected chi connectivity index (χ0v) is 16.6. The number of nitrogens with one attached hydrogen (secondary N) is 1. The molecule has 150 valence electrons. The highest BCUT2D eigenvalue weighted by Gasteiger charge is 2.27. The van der Waals surface area contributed by atoms with Crippen molar-refractivity contribution in [3.05, 3.63) is 39.1 Å². The molecule has 2 fully saturated rings. The third-order valence-corrected chi connectivity index (χ3v) is 5.60. The third kappa shape index (κ3) is 3.32. The van der Waals surface area contributed by atoms with Crippen molar-refractivity contribution in [2.24, 2.45) is 7.05 Å². The van der Waals surface area contributed by atoms with E-state index in [4.69, 9.17) is 9.15 Å². The van der Waals surface area contributed by atoms with Crippen LogP contribution in [0.1, 0.15) is 59.2 Å². The normalized spacial score (nSPS) is 19.4. The Hall–Kier alpha value is -2.61. The minimum atomic E-state index is -0.632. The molecule has 2 aromatic heterocycles. The number of anilines is 2. The highest BCUT2D eigenvalue weighted by Crippen LogP contribution is 2.32. The predicted octanol–water partition coefficient (Wildman–Crippen LogP) is 2.69. The minimum absolute atomic E-state index is 0.0253. The van der Waals surface area contributed by atoms with Crippen molar-refractivity contribution in [1.29, 1.82) is 0 Å². The fourth-order valence-electron chi connectivity index (χ4n) is 3.93. The molecule has 4 rings (SSSR count). The Balaban J connectivity index is 1.63. The van der Waals surface area contributed by atoms with E-state index in [9.17, 15) is 9.59 Å². The molecule has 2 aliphatic rings. The van der Waals surface area contributed by atoms with Gasteiger partial charge in [0.25, 0.3) is 5.91 Å². The molecular weight excluding hydrogens is 360 g/mol. The number of hydrogen-bond donors (Lipinski definition) is 1. The number of aromatic nitrogens is 2. The van der Waals surface area contributed by atoms with Gasteiger partial charge in [-0.3, -0.25) is 9.48 Å². The van der Waals surface area contributed by atoms with Crippen LogP contribution in [0.15, 0.2) is 15.3 Å². The Morgan fingerprint density at radius 3 is 2.64 bits per heavy atom. The van der Waals surface area contributed by atoms with Crippen LogP contribution in [-0.4, -0.2) is 35.4 Å². The van der Waals surface area contributed by atoms with Crippen LogP contribution in [0.25, 0.3) is 0 Å². The number of nitrogens with zero attached hydrogens (tertiary/aromatic N) is 3. The molecule has 2 aliphatic heterocycles. The second kappa shape index (κ2) is 7.43. The van der Waals surface area contributed by atoms with Gasteiger partial charge in [-0.15, -0.1) is 0 Å². The van der Waals surface area contributed by atoms with Gasteiger partial charge < -0.3 is 19.4 Å². The standard InChI is InChI=1S/C20H26N4O4/c1-12-11-15(14-7-6-10-27-14)28-20(26)16(12)19(25)21-17-13(2)23(3)22-18(17)24-8-4-5-9-24/h11,14H,4-10H2,1-3H3,(H,21,25). The van der Waals surface area contributed by atoms with Crippen molar-refractivity contribution >= 4 is 17.4 Å². The van der Waals surface area contributed by atoms with Crippen molar-refractivity contribution in [2.45, 2.75) is 45.6 Å². The summed E-state index contributed by atoms with van der Waals surface area (Å²) in [5.74, 6) is 0.775. The molecule has 4 heterocycles. The average Bonchev–Trinajstić information content (AvgIpc) is 3.40. The average molecular weight is 386 g/mol. The van der Waals surface area contributed by atoms with Crippen LogP contribution in [-0.2, 0) is 11.8 Å². The van der Waals surface area contributed by atoms with Gasteiger partial charge in [0.2, 0.25) is 0 Å². The van der Waals surface area contributed by atoms with Gasteiger partial charge in [-0.2, -0.15) is 5.10 Å². The smallest absolute Gasteiger partial charge is 0.349 e. The molecule has 1 atom stereocenters. The lowest BCUT2D eigenvalue weighted by Gasteiger charge is -2.17. The zero-order valence-electron chi connectivity index (χ0n) is 16.6. The van der Waals surface area contributed by atoms with E-state index in [1.807, 2.05) is 14.0 Å². The Kier molecular flexibility index (Phi) is 4.97. The van der Waals surface area contributed by atoms with E-state index in [-0.39, 0.29) is 11.7 Å². The lowest BCUT2D eigenvalue weighted by molar-refractivity contribution is 0.0895. The lowest BCUT2D eigenvalue weighted by atomic mass is 10.1. The summed E-state index contributed by atoms with van der Waals surface area (Å²) in [6, 6.07) is 1.74. The predicted molar refractivity (Wildman–Crippen MR) is 105 cm³/mol. The molecule has 1 unspecified atom stereocenters. The van der Waals surface area contributed by atoms with Crippen molar-refractivity contribution < 1.29 is 13.9 Å². The highest BCUT2D eigenvalue weighted by molar-refractivity contribution is 6.06. The lowest BCUT2D eigenvalue weighted by Crippen LogP contribution is -2.25. The van der Waals surface area contributed by atoms with Gasteiger partial charge in [0.15, 0.2) is 5.82 Å². The second-order valence-corrected chi connectivity index (χ2v) is 7.55. The Morgan fingerprint density at radius 1 is 1.25 bits per heavy atom. The van der Waals surface area contributed by atoms with Gasteiger partial charge in [-0.1, -0.05) is 0 Å². The fourth-order valence-corrected chi connectivity index (χ4v) is 3.93. The summed E-state index contributed by atoms with van der Waals surface area (Å²) >= 11 is 0. The minimum Gasteiger partial charge on any atom is -0.424 e. The third-order valence-electron chi connectivity index (χ3n) is 5.60. The van der Waals surface area contributed by atoms with Crippen LogP contribution in [0.4, 0.5) is 11.5 Å². The van der Waals surface area contributed by atoms with Crippen LogP contribution in [0.3, 0.4) is 0 Å². The van der Waals surface area contributed by atoms with Crippen LogP contribution < -0.4 is 15.8 Å². The summed E-state index contributed by atoms with van der Waals surface area (Å²) in [7, 11) is 1.85. The van der Waals surface area contributed by atoms with Gasteiger partial charge in [-0.05, 0) is 51.2 Å². The SMILES string of the molecule is Cc1cc(C2CCCO2)oc(=O)c1C(=O)Nc1c(N2CCCC2)nn(C)c1C. The number of carbonyl (C=O) groups is 1. The Labute approximate surface area is 163 Å². The molecule has 2 aromatic rings. The first-order valence-electron chi connectivity index (χ1n) is 9.82. The van der Waals surface area contributed by atoms with Gasteiger partial charge in [0.05, 0.1) is 5.69 Å². The number of hydrogen-bond acceptors (Lipinski definition) is 6. The molecule has 8 heteroatoms. The van der Waals surface area contributed by atoms with E-state index in [1.165, 1.54) is 0 Å². The molecule has 0 saturated carbocycles. The summed E-state index contributed by atoms with van der Waals surface area (Å²) in [5.41, 5.74) is 1.47. The molecular formula is C20H26N4O4. The van der Waals surface area contributed by atoms with Crippen molar-refractivity contribution in [2.75, 3.05) is 29.9 Å². The summed E-state index contributed by atoms with van der Waals surface area (Å²) in [4.78, 5) is 27.7. The summed E-state index contributed by atoms with van der Waals surface area (Å²) in [5, 5.41) is 7.47. The van der Waals surface area contributed by atoms with Gasteiger partial charge in [0.1, 0.15) is 23.1 Å². The molecule has 0 spiro atoms. The van der Waals surface area contributed by atoms with Crippen molar-refractivity contribution in [3.63, 3.8) is 0 Å². The van der Waals surface area contributed by atoms with Crippen LogP contribution >= 0.6 is 0 Å². The molecule has 0 radical (unpaired) electrons. The molecule has 1 N–H and O–H groups in total. The second-order valence-electron chi connectivity index (χ2n) is 7.55. The summed E-state index contributed by atoms with van der Waals surface area (Å²) < 4.78 is 12.8. The van der Waals surface area contributed by atoms with E-state index < -0.39 is 11.5 Å². The topological polar surface area (TPSA) is 89.6 Å². The molecule has 28 heavy (non-hydrogen) atoms. The quantitative estimate of drug-likeness (QED) is 0.869. The monoisotopic (exact) mass is 386 g/mol. The Morgan fingerprint density at radius 2 is 2.00 bits per heavy atom. The van der Waals surface area contributed by atoms with E-state index in [1.54, 1.807) is 17.7 Å². The van der Waals surface area contributed by atoms with Gasteiger partial charge >= 0.3 is 5.63 Å². The van der Waals surface area contributed by atoms with Crippen molar-refractivity contribution in [1.82, 2.24) is 9.78 Å². The van der Waals surface area contributed by atoms with E-state index in [0.717, 1.165) is 50.3 Å². The fraction of sp³-hybridized carbons (Fsp3) is 0.550. The van der Waals surface area contributed by atoms with E-state index in [0.29, 0.717) is 23.6 Å². The summed E-state index contributed by atoms with van der Waals surface area (Å²) in [6.45, 7) is 6.14. The van der Waals surface area contributed by atoms with Crippen molar-refractivity contribution in [3.8, 4) is 0 Å². The molecule has 8 nitrogen and oxygen atoms in total. The first-order valence-corrected chi connectivity index (χ1v) is 9.82. The number of aryl methyl sites for hydroxylation is 2. The molecule has 0 bridgehead atoms. The molecule has 2 saturated heterocycles. The number of rotatable bonds is 4.